The predicted molar refractivity (Wildman–Crippen MR) is 80.6 cm³/mol. The maximum atomic E-state index is 12.0. The van der Waals surface area contributed by atoms with E-state index in [4.69, 9.17) is 0 Å². The fourth-order valence-corrected chi connectivity index (χ4v) is 2.04. The third kappa shape index (κ3) is 5.00. The number of carbonyl (C=O) groups is 1. The molecular formula is C14H22N2OS. The minimum absolute atomic E-state index is 0.00954. The fourth-order valence-electron chi connectivity index (χ4n) is 1.61. The molecule has 4 heteroatoms. The molecule has 0 aliphatic heterocycles. The van der Waals surface area contributed by atoms with Gasteiger partial charge >= 0.3 is 0 Å². The van der Waals surface area contributed by atoms with Gasteiger partial charge < -0.3 is 10.6 Å². The lowest BCUT2D eigenvalue weighted by Crippen LogP contribution is -2.25. The zero-order valence-electron chi connectivity index (χ0n) is 11.2. The Morgan fingerprint density at radius 3 is 2.78 bits per heavy atom. The van der Waals surface area contributed by atoms with E-state index in [2.05, 4.69) is 23.8 Å². The average Bonchev–Trinajstić information content (AvgIpc) is 2.41. The van der Waals surface area contributed by atoms with E-state index in [1.807, 2.05) is 24.3 Å². The van der Waals surface area contributed by atoms with Crippen LogP contribution in [0.5, 0.6) is 0 Å². The summed E-state index contributed by atoms with van der Waals surface area (Å²) < 4.78 is 0. The zero-order chi connectivity index (χ0) is 13.2. The number of hydrogen-bond acceptors (Lipinski definition) is 3. The third-order valence-corrected chi connectivity index (χ3v) is 3.24. The van der Waals surface area contributed by atoms with Crippen molar-refractivity contribution in [2.45, 2.75) is 19.8 Å². The highest BCUT2D eigenvalue weighted by molar-refractivity contribution is 7.98. The molecule has 1 rings (SSSR count). The number of anilines is 1. The monoisotopic (exact) mass is 266 g/mol. The minimum atomic E-state index is 0.00954. The number of amides is 1. The second-order valence-corrected chi connectivity index (χ2v) is 5.06. The van der Waals surface area contributed by atoms with Gasteiger partial charge in [0.15, 0.2) is 0 Å². The van der Waals surface area contributed by atoms with Crippen LogP contribution >= 0.6 is 11.8 Å². The lowest BCUT2D eigenvalue weighted by molar-refractivity contribution is 0.0954. The quantitative estimate of drug-likeness (QED) is 0.711. The first-order chi connectivity index (χ1) is 8.79. The topological polar surface area (TPSA) is 41.1 Å². The van der Waals surface area contributed by atoms with Crippen LogP contribution in [0.1, 0.15) is 30.1 Å². The minimum Gasteiger partial charge on any atom is -0.384 e. The molecule has 0 saturated carbocycles. The summed E-state index contributed by atoms with van der Waals surface area (Å²) in [5.74, 6) is 1.09. The van der Waals surface area contributed by atoms with Crippen molar-refractivity contribution in [1.29, 1.82) is 0 Å². The fraction of sp³-hybridized carbons (Fsp3) is 0.500. The smallest absolute Gasteiger partial charge is 0.253 e. The van der Waals surface area contributed by atoms with Gasteiger partial charge in [-0.15, -0.1) is 0 Å². The maximum absolute atomic E-state index is 12.0. The summed E-state index contributed by atoms with van der Waals surface area (Å²) in [6, 6.07) is 7.66. The Bertz CT molecular complexity index is 369. The Balaban J connectivity index is 2.55. The molecule has 0 atom stereocenters. The van der Waals surface area contributed by atoms with Gasteiger partial charge in [-0.3, -0.25) is 4.79 Å². The first-order valence-corrected chi connectivity index (χ1v) is 7.79. The molecule has 1 aromatic carbocycles. The summed E-state index contributed by atoms with van der Waals surface area (Å²) in [6.45, 7) is 3.73. The van der Waals surface area contributed by atoms with Crippen LogP contribution in [0.2, 0.25) is 0 Å². The highest BCUT2D eigenvalue weighted by atomic mass is 32.2. The van der Waals surface area contributed by atoms with E-state index in [1.54, 1.807) is 11.8 Å². The van der Waals surface area contributed by atoms with Crippen LogP contribution < -0.4 is 10.6 Å². The number of thioether (sulfide) groups is 1. The molecule has 0 unspecified atom stereocenters. The van der Waals surface area contributed by atoms with E-state index in [9.17, 15) is 4.79 Å². The number of para-hydroxylation sites is 1. The van der Waals surface area contributed by atoms with Crippen LogP contribution in [0.3, 0.4) is 0 Å². The van der Waals surface area contributed by atoms with Crippen molar-refractivity contribution >= 4 is 23.4 Å². The van der Waals surface area contributed by atoms with E-state index in [-0.39, 0.29) is 5.91 Å². The van der Waals surface area contributed by atoms with Crippen molar-refractivity contribution in [3.63, 3.8) is 0 Å². The van der Waals surface area contributed by atoms with Crippen LogP contribution in [-0.4, -0.2) is 31.0 Å². The largest absolute Gasteiger partial charge is 0.384 e. The number of rotatable bonds is 8. The molecule has 3 nitrogen and oxygen atoms in total. The van der Waals surface area contributed by atoms with Gasteiger partial charge in [0.1, 0.15) is 0 Å². The Morgan fingerprint density at radius 2 is 2.06 bits per heavy atom. The van der Waals surface area contributed by atoms with Crippen molar-refractivity contribution in [1.82, 2.24) is 5.32 Å². The van der Waals surface area contributed by atoms with Crippen LogP contribution in [0.4, 0.5) is 5.69 Å². The molecule has 0 fully saturated rings. The van der Waals surface area contributed by atoms with E-state index in [0.717, 1.165) is 42.9 Å². The van der Waals surface area contributed by atoms with Gasteiger partial charge in [-0.2, -0.15) is 11.8 Å². The number of benzene rings is 1. The van der Waals surface area contributed by atoms with E-state index < -0.39 is 0 Å². The predicted octanol–water partition coefficient (Wildman–Crippen LogP) is 2.99. The molecule has 1 aromatic rings. The Hall–Kier alpha value is -1.16. The van der Waals surface area contributed by atoms with E-state index in [0.29, 0.717) is 0 Å². The van der Waals surface area contributed by atoms with Crippen LogP contribution in [-0.2, 0) is 0 Å². The molecule has 0 aliphatic carbocycles. The van der Waals surface area contributed by atoms with Gasteiger partial charge in [0, 0.05) is 18.8 Å². The second kappa shape index (κ2) is 8.86. The molecule has 0 aromatic heterocycles. The van der Waals surface area contributed by atoms with Crippen LogP contribution in [0.25, 0.3) is 0 Å². The summed E-state index contributed by atoms with van der Waals surface area (Å²) in [5.41, 5.74) is 1.65. The zero-order valence-corrected chi connectivity index (χ0v) is 12.0. The highest BCUT2D eigenvalue weighted by Gasteiger charge is 2.09. The summed E-state index contributed by atoms with van der Waals surface area (Å²) in [7, 11) is 0. The first-order valence-electron chi connectivity index (χ1n) is 6.39. The molecule has 0 aliphatic rings. The van der Waals surface area contributed by atoms with Gasteiger partial charge in [-0.05, 0) is 37.0 Å². The Morgan fingerprint density at radius 1 is 1.28 bits per heavy atom. The summed E-state index contributed by atoms with van der Waals surface area (Å²) >= 11 is 1.80. The lowest BCUT2D eigenvalue weighted by atomic mass is 10.1. The molecule has 18 heavy (non-hydrogen) atoms. The molecular weight excluding hydrogens is 244 g/mol. The van der Waals surface area contributed by atoms with Gasteiger partial charge in [0.25, 0.3) is 5.91 Å². The number of carbonyl (C=O) groups excluding carboxylic acids is 1. The Labute approximate surface area is 114 Å². The standard InChI is InChI=1S/C14H22N2OS/c1-3-9-15-13-8-5-4-7-12(13)14(17)16-10-6-11-18-2/h4-5,7-8,15H,3,6,9-11H2,1-2H3,(H,16,17). The lowest BCUT2D eigenvalue weighted by Gasteiger charge is -2.11. The summed E-state index contributed by atoms with van der Waals surface area (Å²) in [4.78, 5) is 12.0. The Kier molecular flexibility index (Phi) is 7.34. The normalized spacial score (nSPS) is 10.1. The van der Waals surface area contributed by atoms with Crippen molar-refractivity contribution in [2.24, 2.45) is 0 Å². The summed E-state index contributed by atoms with van der Waals surface area (Å²) in [5, 5.41) is 6.24. The average molecular weight is 266 g/mol. The molecule has 0 bridgehead atoms. The summed E-state index contributed by atoms with van der Waals surface area (Å²) in [6.07, 6.45) is 4.13. The molecule has 100 valence electrons. The number of nitrogens with one attached hydrogen (secondary N) is 2. The van der Waals surface area contributed by atoms with Gasteiger partial charge in [0.05, 0.1) is 5.56 Å². The molecule has 0 radical (unpaired) electrons. The van der Waals surface area contributed by atoms with Gasteiger partial charge in [-0.1, -0.05) is 19.1 Å². The SMILES string of the molecule is CCCNc1ccccc1C(=O)NCCCSC. The highest BCUT2D eigenvalue weighted by Crippen LogP contribution is 2.14. The van der Waals surface area contributed by atoms with Crippen molar-refractivity contribution in [2.75, 3.05) is 30.4 Å². The van der Waals surface area contributed by atoms with Crippen molar-refractivity contribution < 1.29 is 4.79 Å². The second-order valence-electron chi connectivity index (χ2n) is 4.07. The molecule has 2 N–H and O–H groups in total. The van der Waals surface area contributed by atoms with Gasteiger partial charge in [0.2, 0.25) is 0 Å². The first kappa shape index (κ1) is 14.9. The van der Waals surface area contributed by atoms with Crippen molar-refractivity contribution in [3.8, 4) is 0 Å². The molecule has 1 amide bonds. The molecule has 0 saturated heterocycles. The van der Waals surface area contributed by atoms with Crippen LogP contribution in [0, 0.1) is 0 Å². The molecule has 0 heterocycles. The number of hydrogen-bond donors (Lipinski definition) is 2. The van der Waals surface area contributed by atoms with E-state index in [1.165, 1.54) is 0 Å². The van der Waals surface area contributed by atoms with Gasteiger partial charge in [-0.25, -0.2) is 0 Å². The molecule has 0 spiro atoms. The van der Waals surface area contributed by atoms with Crippen molar-refractivity contribution in [3.05, 3.63) is 29.8 Å². The third-order valence-electron chi connectivity index (χ3n) is 2.55. The van der Waals surface area contributed by atoms with Crippen LogP contribution in [0.15, 0.2) is 24.3 Å². The maximum Gasteiger partial charge on any atom is 0.253 e. The van der Waals surface area contributed by atoms with E-state index >= 15 is 0 Å².